The lowest BCUT2D eigenvalue weighted by atomic mass is 10.2. The zero-order valence-corrected chi connectivity index (χ0v) is 17.7. The molecule has 2 aromatic carbocycles. The monoisotopic (exact) mass is 413 g/mol. The topological polar surface area (TPSA) is 66.2 Å². The zero-order valence-electron chi connectivity index (χ0n) is 17.7. The molecule has 7 heteroatoms. The molecule has 7 nitrogen and oxygen atoms in total. The number of imidazole rings is 2. The smallest absolute Gasteiger partial charge is 0.309 e. The maximum absolute atomic E-state index is 13.5. The van der Waals surface area contributed by atoms with Gasteiger partial charge < -0.3 is 4.57 Å². The number of aromatic nitrogens is 5. The number of hydrogen-bond donors (Lipinski definition) is 0. The summed E-state index contributed by atoms with van der Waals surface area (Å²) in [5.74, 6) is 0.665. The predicted molar refractivity (Wildman–Crippen MR) is 121 cm³/mol. The Kier molecular flexibility index (Phi) is 4.39. The summed E-state index contributed by atoms with van der Waals surface area (Å²) in [7, 11) is 1.67. The van der Waals surface area contributed by atoms with E-state index in [1.807, 2.05) is 66.8 Å². The molecule has 0 aliphatic rings. The summed E-state index contributed by atoms with van der Waals surface area (Å²) in [5.41, 5.74) is 4.16. The van der Waals surface area contributed by atoms with Crippen LogP contribution < -0.4 is 11.2 Å². The fourth-order valence-electron chi connectivity index (χ4n) is 4.18. The summed E-state index contributed by atoms with van der Waals surface area (Å²) in [5, 5.41) is 0. The summed E-state index contributed by atoms with van der Waals surface area (Å²) < 4.78 is 6.73. The first-order valence-corrected chi connectivity index (χ1v) is 10.2. The van der Waals surface area contributed by atoms with Crippen molar-refractivity contribution < 1.29 is 0 Å². The average Bonchev–Trinajstić information content (AvgIpc) is 3.29. The van der Waals surface area contributed by atoms with E-state index in [1.54, 1.807) is 7.05 Å². The van der Waals surface area contributed by atoms with Gasteiger partial charge in [-0.15, -0.1) is 0 Å². The fourth-order valence-corrected chi connectivity index (χ4v) is 4.18. The van der Waals surface area contributed by atoms with Crippen molar-refractivity contribution in [3.05, 3.63) is 104 Å². The van der Waals surface area contributed by atoms with Gasteiger partial charge in [-0.1, -0.05) is 60.7 Å². The number of fused-ring (bicyclic) bond motifs is 3. The van der Waals surface area contributed by atoms with Gasteiger partial charge >= 0.3 is 5.69 Å². The Hall–Kier alpha value is -3.87. The van der Waals surface area contributed by atoms with E-state index in [-0.39, 0.29) is 17.8 Å². The number of nitrogens with zero attached hydrogens (tertiary/aromatic N) is 5. The molecule has 31 heavy (non-hydrogen) atoms. The van der Waals surface area contributed by atoms with Crippen LogP contribution in [0.25, 0.3) is 16.9 Å². The fraction of sp³-hybridized carbons (Fsp3) is 0.208. The van der Waals surface area contributed by atoms with Crippen LogP contribution in [-0.4, -0.2) is 23.1 Å². The van der Waals surface area contributed by atoms with Gasteiger partial charge in [-0.05, 0) is 25.0 Å². The van der Waals surface area contributed by atoms with Gasteiger partial charge in [0.15, 0.2) is 11.2 Å². The second kappa shape index (κ2) is 7.12. The largest absolute Gasteiger partial charge is 0.332 e. The molecule has 0 N–H and O–H groups in total. The molecule has 5 rings (SSSR count). The van der Waals surface area contributed by atoms with Crippen molar-refractivity contribution in [2.24, 2.45) is 7.05 Å². The highest BCUT2D eigenvalue weighted by molar-refractivity contribution is 5.76. The molecular weight excluding hydrogens is 390 g/mol. The molecule has 0 unspecified atom stereocenters. The molecule has 5 aromatic rings. The van der Waals surface area contributed by atoms with Crippen molar-refractivity contribution in [2.45, 2.75) is 26.9 Å². The third-order valence-corrected chi connectivity index (χ3v) is 6.00. The van der Waals surface area contributed by atoms with Crippen LogP contribution in [0.5, 0.6) is 0 Å². The minimum absolute atomic E-state index is 0.221. The first kappa shape index (κ1) is 19.1. The highest BCUT2D eigenvalue weighted by Gasteiger charge is 2.22. The summed E-state index contributed by atoms with van der Waals surface area (Å²) in [6.45, 7) is 4.87. The number of benzene rings is 2. The van der Waals surface area contributed by atoms with Gasteiger partial charge in [-0.3, -0.25) is 18.3 Å². The van der Waals surface area contributed by atoms with E-state index in [4.69, 9.17) is 4.98 Å². The average molecular weight is 413 g/mol. The summed E-state index contributed by atoms with van der Waals surface area (Å²) in [6, 6.07) is 19.7. The lowest BCUT2D eigenvalue weighted by Crippen LogP contribution is -2.39. The van der Waals surface area contributed by atoms with Crippen molar-refractivity contribution in [1.29, 1.82) is 0 Å². The van der Waals surface area contributed by atoms with Crippen LogP contribution in [0.1, 0.15) is 22.5 Å². The van der Waals surface area contributed by atoms with Crippen molar-refractivity contribution in [2.75, 3.05) is 0 Å². The normalized spacial score (nSPS) is 11.6. The molecule has 0 aliphatic carbocycles. The molecule has 0 saturated carbocycles. The van der Waals surface area contributed by atoms with E-state index in [0.717, 1.165) is 22.5 Å². The van der Waals surface area contributed by atoms with Crippen LogP contribution in [0.3, 0.4) is 0 Å². The molecule has 0 aliphatic heterocycles. The van der Waals surface area contributed by atoms with Crippen LogP contribution in [0, 0.1) is 13.8 Å². The number of rotatable bonds is 4. The molecule has 0 saturated heterocycles. The molecule has 0 bridgehead atoms. The third-order valence-electron chi connectivity index (χ3n) is 6.00. The van der Waals surface area contributed by atoms with E-state index in [9.17, 15) is 9.59 Å². The molecule has 0 radical (unpaired) electrons. The van der Waals surface area contributed by atoms with Crippen molar-refractivity contribution in [3.8, 4) is 0 Å². The summed E-state index contributed by atoms with van der Waals surface area (Å²) in [4.78, 5) is 31.2. The Bertz CT molecular complexity index is 1540. The van der Waals surface area contributed by atoms with Crippen LogP contribution in [0.4, 0.5) is 0 Å². The predicted octanol–water partition coefficient (Wildman–Crippen LogP) is 2.86. The molecular formula is C24H23N5O2. The first-order chi connectivity index (χ1) is 15.0. The minimum Gasteiger partial charge on any atom is -0.309 e. The maximum atomic E-state index is 13.5. The number of aryl methyl sites for hydroxylation is 2. The highest BCUT2D eigenvalue weighted by Crippen LogP contribution is 2.22. The van der Waals surface area contributed by atoms with E-state index < -0.39 is 0 Å². The molecule has 0 spiro atoms. The van der Waals surface area contributed by atoms with Crippen LogP contribution in [0.2, 0.25) is 0 Å². The van der Waals surface area contributed by atoms with Gasteiger partial charge in [0, 0.05) is 18.4 Å². The summed E-state index contributed by atoms with van der Waals surface area (Å²) >= 11 is 0. The molecule has 0 amide bonds. The standard InChI is InChI=1S/C24H23N5O2/c1-16-17(2)29-20-21(25-23(29)27(16)14-18-10-6-4-7-11-18)26(3)24(31)28(22(20)30)15-19-12-8-5-9-13-19/h4-13H,14-15H2,1-3H3. The van der Waals surface area contributed by atoms with Gasteiger partial charge in [-0.2, -0.15) is 4.98 Å². The van der Waals surface area contributed by atoms with Gasteiger partial charge in [0.2, 0.25) is 5.78 Å². The molecule has 3 aromatic heterocycles. The van der Waals surface area contributed by atoms with Crippen LogP contribution >= 0.6 is 0 Å². The molecule has 3 heterocycles. The summed E-state index contributed by atoms with van der Waals surface area (Å²) in [6.07, 6.45) is 0. The Morgan fingerprint density at radius 2 is 1.32 bits per heavy atom. The lowest BCUT2D eigenvalue weighted by Gasteiger charge is -2.09. The Balaban J connectivity index is 1.78. The SMILES string of the molecule is Cc1c(C)n2c3c(=O)n(Cc4ccccc4)c(=O)n(C)c3nc2n1Cc1ccccc1. The van der Waals surface area contributed by atoms with Crippen LogP contribution in [-0.2, 0) is 20.1 Å². The van der Waals surface area contributed by atoms with Gasteiger partial charge in [0.1, 0.15) is 0 Å². The van der Waals surface area contributed by atoms with E-state index in [1.165, 1.54) is 9.13 Å². The van der Waals surface area contributed by atoms with E-state index in [2.05, 4.69) is 16.7 Å². The molecule has 0 atom stereocenters. The second-order valence-electron chi connectivity index (χ2n) is 7.88. The highest BCUT2D eigenvalue weighted by atomic mass is 16.2. The van der Waals surface area contributed by atoms with Crippen molar-refractivity contribution in [3.63, 3.8) is 0 Å². The van der Waals surface area contributed by atoms with Gasteiger partial charge in [0.05, 0.1) is 13.1 Å². The van der Waals surface area contributed by atoms with Gasteiger partial charge in [-0.25, -0.2) is 4.79 Å². The van der Waals surface area contributed by atoms with E-state index >= 15 is 0 Å². The molecule has 156 valence electrons. The van der Waals surface area contributed by atoms with Crippen molar-refractivity contribution >= 4 is 16.9 Å². The van der Waals surface area contributed by atoms with Gasteiger partial charge in [0.25, 0.3) is 5.56 Å². The Morgan fingerprint density at radius 3 is 1.90 bits per heavy atom. The van der Waals surface area contributed by atoms with Crippen molar-refractivity contribution in [1.82, 2.24) is 23.1 Å². The number of hydrogen-bond acceptors (Lipinski definition) is 3. The first-order valence-electron chi connectivity index (χ1n) is 10.2. The second-order valence-corrected chi connectivity index (χ2v) is 7.88. The Labute approximate surface area is 178 Å². The Morgan fingerprint density at radius 1 is 0.774 bits per heavy atom. The van der Waals surface area contributed by atoms with E-state index in [0.29, 0.717) is 23.5 Å². The lowest BCUT2D eigenvalue weighted by molar-refractivity contribution is 0.656. The third kappa shape index (κ3) is 2.92. The molecule has 0 fully saturated rings. The zero-order chi connectivity index (χ0) is 21.7. The quantitative estimate of drug-likeness (QED) is 0.455. The van der Waals surface area contributed by atoms with Crippen LogP contribution in [0.15, 0.2) is 70.3 Å². The minimum atomic E-state index is -0.369. The maximum Gasteiger partial charge on any atom is 0.332 e.